The molecule has 12 heavy (non-hydrogen) atoms. The fourth-order valence-electron chi connectivity index (χ4n) is 1.62. The minimum absolute atomic E-state index is 0.718. The summed E-state index contributed by atoms with van der Waals surface area (Å²) in [6, 6.07) is 0.718. The van der Waals surface area contributed by atoms with Gasteiger partial charge in [-0.15, -0.1) is 6.58 Å². The van der Waals surface area contributed by atoms with Crippen molar-refractivity contribution >= 4 is 0 Å². The molecule has 0 aliphatic carbocycles. The first-order valence-corrected chi connectivity index (χ1v) is 4.76. The second-order valence-corrected chi connectivity index (χ2v) is 3.78. The topological polar surface area (TPSA) is 15.3 Å². The van der Waals surface area contributed by atoms with Gasteiger partial charge in [0.2, 0.25) is 0 Å². The van der Waals surface area contributed by atoms with Crippen LogP contribution in [0.2, 0.25) is 0 Å². The molecule has 0 saturated carbocycles. The molecule has 2 nitrogen and oxygen atoms in total. The quantitative estimate of drug-likeness (QED) is 0.635. The van der Waals surface area contributed by atoms with Crippen molar-refractivity contribution in [2.75, 3.05) is 26.7 Å². The molecule has 2 heteroatoms. The van der Waals surface area contributed by atoms with E-state index in [9.17, 15) is 0 Å². The van der Waals surface area contributed by atoms with Gasteiger partial charge in [-0.05, 0) is 33.4 Å². The van der Waals surface area contributed by atoms with Crippen LogP contribution in [0, 0.1) is 0 Å². The molecule has 1 fully saturated rings. The van der Waals surface area contributed by atoms with E-state index in [-0.39, 0.29) is 0 Å². The average Bonchev–Trinajstić information content (AvgIpc) is 2.48. The van der Waals surface area contributed by atoms with Crippen LogP contribution in [-0.2, 0) is 0 Å². The van der Waals surface area contributed by atoms with Gasteiger partial charge >= 0.3 is 0 Å². The molecule has 1 N–H and O–H groups in total. The third-order valence-electron chi connectivity index (χ3n) is 2.54. The summed E-state index contributed by atoms with van der Waals surface area (Å²) in [6.45, 7) is 9.66. The van der Waals surface area contributed by atoms with E-state index >= 15 is 0 Å². The van der Waals surface area contributed by atoms with Crippen molar-refractivity contribution in [2.45, 2.75) is 25.8 Å². The van der Waals surface area contributed by atoms with Crippen LogP contribution in [0.3, 0.4) is 0 Å². The van der Waals surface area contributed by atoms with Crippen LogP contribution >= 0.6 is 0 Å². The van der Waals surface area contributed by atoms with Gasteiger partial charge in [0.15, 0.2) is 0 Å². The molecule has 0 bridgehead atoms. The lowest BCUT2D eigenvalue weighted by molar-refractivity contribution is 0.334. The first kappa shape index (κ1) is 9.75. The highest BCUT2D eigenvalue weighted by Crippen LogP contribution is 2.10. The van der Waals surface area contributed by atoms with E-state index in [1.165, 1.54) is 31.6 Å². The SMILES string of the molecule is C=C(C)CCN1CCC(NC)C1. The number of nitrogens with one attached hydrogen (secondary N) is 1. The van der Waals surface area contributed by atoms with Crippen LogP contribution in [0.25, 0.3) is 0 Å². The lowest BCUT2D eigenvalue weighted by Gasteiger charge is -2.15. The van der Waals surface area contributed by atoms with Gasteiger partial charge in [-0.25, -0.2) is 0 Å². The summed E-state index contributed by atoms with van der Waals surface area (Å²) in [6.07, 6.45) is 2.45. The number of likely N-dealkylation sites (N-methyl/N-ethyl adjacent to an activating group) is 1. The second kappa shape index (κ2) is 4.63. The van der Waals surface area contributed by atoms with Gasteiger partial charge in [-0.3, -0.25) is 0 Å². The fraction of sp³-hybridized carbons (Fsp3) is 0.800. The summed E-state index contributed by atoms with van der Waals surface area (Å²) >= 11 is 0. The standard InChI is InChI=1S/C10H20N2/c1-9(2)4-6-12-7-5-10(8-12)11-3/h10-11H,1,4-8H2,2-3H3. The van der Waals surface area contributed by atoms with Crippen LogP contribution in [-0.4, -0.2) is 37.6 Å². The van der Waals surface area contributed by atoms with Crippen LogP contribution in [0.5, 0.6) is 0 Å². The summed E-state index contributed by atoms with van der Waals surface area (Å²) in [5, 5.41) is 3.32. The molecule has 0 spiro atoms. The normalized spacial score (nSPS) is 24.7. The molecule has 1 unspecified atom stereocenters. The highest BCUT2D eigenvalue weighted by molar-refractivity contribution is 4.90. The van der Waals surface area contributed by atoms with Crippen molar-refractivity contribution in [1.82, 2.24) is 10.2 Å². The van der Waals surface area contributed by atoms with Gasteiger partial charge in [-0.1, -0.05) is 5.57 Å². The van der Waals surface area contributed by atoms with Crippen LogP contribution in [0.4, 0.5) is 0 Å². The fourth-order valence-corrected chi connectivity index (χ4v) is 1.62. The Morgan fingerprint density at radius 3 is 2.92 bits per heavy atom. The van der Waals surface area contributed by atoms with E-state index in [1.54, 1.807) is 0 Å². The van der Waals surface area contributed by atoms with Gasteiger partial charge in [-0.2, -0.15) is 0 Å². The third kappa shape index (κ3) is 2.95. The van der Waals surface area contributed by atoms with E-state index in [2.05, 4.69) is 23.7 Å². The van der Waals surface area contributed by atoms with Crippen molar-refractivity contribution in [3.05, 3.63) is 12.2 Å². The zero-order valence-corrected chi connectivity index (χ0v) is 8.27. The summed E-state index contributed by atoms with van der Waals surface area (Å²) in [5.74, 6) is 0. The number of hydrogen-bond acceptors (Lipinski definition) is 2. The summed E-state index contributed by atoms with van der Waals surface area (Å²) in [4.78, 5) is 2.51. The van der Waals surface area contributed by atoms with Gasteiger partial charge in [0.1, 0.15) is 0 Å². The van der Waals surface area contributed by atoms with E-state index in [0.29, 0.717) is 0 Å². The molecule has 0 aromatic heterocycles. The lowest BCUT2D eigenvalue weighted by Crippen LogP contribution is -2.30. The molecule has 0 radical (unpaired) electrons. The maximum Gasteiger partial charge on any atom is 0.0204 e. The number of nitrogens with zero attached hydrogens (tertiary/aromatic N) is 1. The molecule has 0 aromatic carbocycles. The third-order valence-corrected chi connectivity index (χ3v) is 2.54. The largest absolute Gasteiger partial charge is 0.316 e. The monoisotopic (exact) mass is 168 g/mol. The van der Waals surface area contributed by atoms with Crippen molar-refractivity contribution in [1.29, 1.82) is 0 Å². The lowest BCUT2D eigenvalue weighted by atomic mass is 10.2. The Morgan fingerprint density at radius 1 is 1.67 bits per heavy atom. The average molecular weight is 168 g/mol. The first-order chi connectivity index (χ1) is 5.72. The minimum atomic E-state index is 0.718. The molecule has 1 heterocycles. The Hall–Kier alpha value is -0.340. The molecule has 70 valence electrons. The molecule has 1 aliphatic rings. The number of likely N-dealkylation sites (tertiary alicyclic amines) is 1. The minimum Gasteiger partial charge on any atom is -0.316 e. The van der Waals surface area contributed by atoms with E-state index < -0.39 is 0 Å². The van der Waals surface area contributed by atoms with Gasteiger partial charge in [0.05, 0.1) is 0 Å². The predicted molar refractivity (Wildman–Crippen MR) is 53.3 cm³/mol. The van der Waals surface area contributed by atoms with Crippen molar-refractivity contribution in [2.24, 2.45) is 0 Å². The number of hydrogen-bond donors (Lipinski definition) is 1. The molecule has 1 aliphatic heterocycles. The highest BCUT2D eigenvalue weighted by atomic mass is 15.2. The van der Waals surface area contributed by atoms with Crippen LogP contribution < -0.4 is 5.32 Å². The Bertz CT molecular complexity index is 154. The predicted octanol–water partition coefficient (Wildman–Crippen LogP) is 1.25. The molecule has 1 saturated heterocycles. The Labute approximate surface area is 75.6 Å². The first-order valence-electron chi connectivity index (χ1n) is 4.76. The Morgan fingerprint density at radius 2 is 2.42 bits per heavy atom. The number of rotatable bonds is 4. The van der Waals surface area contributed by atoms with E-state index in [0.717, 1.165) is 12.5 Å². The van der Waals surface area contributed by atoms with Crippen molar-refractivity contribution in [3.63, 3.8) is 0 Å². The molecule has 0 aromatic rings. The van der Waals surface area contributed by atoms with E-state index in [4.69, 9.17) is 0 Å². The maximum atomic E-state index is 3.91. The summed E-state index contributed by atoms with van der Waals surface area (Å²) < 4.78 is 0. The molecular weight excluding hydrogens is 148 g/mol. The highest BCUT2D eigenvalue weighted by Gasteiger charge is 2.19. The Balaban J connectivity index is 2.15. The molecule has 0 amide bonds. The maximum absolute atomic E-state index is 3.91. The van der Waals surface area contributed by atoms with Crippen LogP contribution in [0.15, 0.2) is 12.2 Å². The summed E-state index contributed by atoms with van der Waals surface area (Å²) in [5.41, 5.74) is 1.29. The van der Waals surface area contributed by atoms with Crippen LogP contribution in [0.1, 0.15) is 19.8 Å². The van der Waals surface area contributed by atoms with E-state index in [1.807, 2.05) is 7.05 Å². The van der Waals surface area contributed by atoms with Crippen molar-refractivity contribution < 1.29 is 0 Å². The van der Waals surface area contributed by atoms with Gasteiger partial charge in [0.25, 0.3) is 0 Å². The van der Waals surface area contributed by atoms with Gasteiger partial charge in [0, 0.05) is 19.1 Å². The smallest absolute Gasteiger partial charge is 0.0204 e. The van der Waals surface area contributed by atoms with Crippen molar-refractivity contribution in [3.8, 4) is 0 Å². The zero-order valence-electron chi connectivity index (χ0n) is 8.27. The van der Waals surface area contributed by atoms with Gasteiger partial charge < -0.3 is 10.2 Å². The molecule has 1 rings (SSSR count). The second-order valence-electron chi connectivity index (χ2n) is 3.78. The summed E-state index contributed by atoms with van der Waals surface area (Å²) in [7, 11) is 2.05. The molecular formula is C10H20N2. The Kier molecular flexibility index (Phi) is 3.76. The zero-order chi connectivity index (χ0) is 8.97. The molecule has 1 atom stereocenters.